The number of hydrogen-bond donors (Lipinski definition) is 2. The molecule has 9 heteroatoms. The fourth-order valence-electron chi connectivity index (χ4n) is 4.88. The Morgan fingerprint density at radius 2 is 1.97 bits per heavy atom. The molecule has 0 aromatic heterocycles. The van der Waals surface area contributed by atoms with Crippen LogP contribution in [0.5, 0.6) is 5.75 Å². The summed E-state index contributed by atoms with van der Waals surface area (Å²) in [5.74, 6) is -0.0836. The van der Waals surface area contributed by atoms with Gasteiger partial charge in [0.1, 0.15) is 17.8 Å². The molecule has 3 aromatic rings. The second kappa shape index (κ2) is 11.2. The van der Waals surface area contributed by atoms with Crippen LogP contribution < -0.4 is 15.0 Å². The van der Waals surface area contributed by atoms with Crippen LogP contribution in [-0.4, -0.2) is 53.7 Å². The molecular formula is C28H30BrN3O5. The van der Waals surface area contributed by atoms with E-state index in [0.717, 1.165) is 37.0 Å². The normalized spacial score (nSPS) is 16.1. The van der Waals surface area contributed by atoms with Crippen LogP contribution in [0.25, 0.3) is 10.8 Å². The third kappa shape index (κ3) is 5.41. The first-order chi connectivity index (χ1) is 17.7. The molecule has 1 aliphatic rings. The molecule has 2 N–H and O–H groups in total. The zero-order chi connectivity index (χ0) is 26.7. The van der Waals surface area contributed by atoms with Gasteiger partial charge in [-0.1, -0.05) is 46.3 Å². The number of hydrogen-bond acceptors (Lipinski definition) is 4. The minimum Gasteiger partial charge on any atom is -0.496 e. The van der Waals surface area contributed by atoms with Gasteiger partial charge in [0.2, 0.25) is 11.8 Å². The highest BCUT2D eigenvalue weighted by atomic mass is 79.9. The van der Waals surface area contributed by atoms with Crippen molar-refractivity contribution in [1.82, 2.24) is 10.2 Å². The highest BCUT2D eigenvalue weighted by Gasteiger charge is 2.34. The first-order valence-electron chi connectivity index (χ1n) is 12.2. The molecule has 1 aliphatic heterocycles. The smallest absolute Gasteiger partial charge is 0.407 e. The summed E-state index contributed by atoms with van der Waals surface area (Å²) in [7, 11) is 1.61. The zero-order valence-electron chi connectivity index (χ0n) is 21.0. The molecule has 3 aromatic carbocycles. The lowest BCUT2D eigenvalue weighted by molar-refractivity contribution is -0.130. The first kappa shape index (κ1) is 26.5. The number of ether oxygens (including phenoxy) is 1. The molecular weight excluding hydrogens is 538 g/mol. The van der Waals surface area contributed by atoms with Crippen LogP contribution >= 0.6 is 15.9 Å². The van der Waals surface area contributed by atoms with E-state index in [1.54, 1.807) is 18.9 Å². The highest BCUT2D eigenvalue weighted by Crippen LogP contribution is 2.35. The van der Waals surface area contributed by atoms with Gasteiger partial charge in [0, 0.05) is 22.3 Å². The van der Waals surface area contributed by atoms with Crippen molar-refractivity contribution < 1.29 is 24.2 Å². The first-order valence-corrected chi connectivity index (χ1v) is 13.0. The SMILES string of the molecule is CCN(C(=O)O)[C@@H](C)C(=O)N[C@H]1CCc2ccccc2N(Cc2c(OC)ccc3cc(Br)ccc23)C1=O. The number of amides is 3. The van der Waals surface area contributed by atoms with Gasteiger partial charge >= 0.3 is 6.09 Å². The number of carbonyl (C=O) groups is 3. The molecule has 1 heterocycles. The summed E-state index contributed by atoms with van der Waals surface area (Å²) in [5.41, 5.74) is 2.65. The Labute approximate surface area is 224 Å². The van der Waals surface area contributed by atoms with Crippen LogP contribution in [0.4, 0.5) is 10.5 Å². The summed E-state index contributed by atoms with van der Waals surface area (Å²) in [5, 5.41) is 14.2. The van der Waals surface area contributed by atoms with Crippen molar-refractivity contribution >= 4 is 50.3 Å². The van der Waals surface area contributed by atoms with E-state index in [4.69, 9.17) is 4.74 Å². The maximum atomic E-state index is 14.0. The van der Waals surface area contributed by atoms with Crippen molar-refractivity contribution in [2.75, 3.05) is 18.6 Å². The number of benzene rings is 3. The number of carboxylic acid groups (broad SMARTS) is 1. The summed E-state index contributed by atoms with van der Waals surface area (Å²) in [6.07, 6.45) is -0.182. The van der Waals surface area contributed by atoms with E-state index in [0.29, 0.717) is 18.6 Å². The van der Waals surface area contributed by atoms with Gasteiger partial charge < -0.3 is 20.1 Å². The van der Waals surface area contributed by atoms with Crippen LogP contribution in [-0.2, 0) is 22.6 Å². The van der Waals surface area contributed by atoms with Gasteiger partial charge in [-0.2, -0.15) is 0 Å². The summed E-state index contributed by atoms with van der Waals surface area (Å²) in [6.45, 7) is 3.61. The second-order valence-corrected chi connectivity index (χ2v) is 9.93. The second-order valence-electron chi connectivity index (χ2n) is 9.01. The van der Waals surface area contributed by atoms with Crippen molar-refractivity contribution in [2.45, 2.75) is 45.3 Å². The van der Waals surface area contributed by atoms with Crippen LogP contribution in [0.3, 0.4) is 0 Å². The van der Waals surface area contributed by atoms with E-state index < -0.39 is 24.1 Å². The molecule has 0 spiro atoms. The topological polar surface area (TPSA) is 99.2 Å². The Morgan fingerprint density at radius 3 is 2.68 bits per heavy atom. The van der Waals surface area contributed by atoms with Gasteiger partial charge in [0.15, 0.2) is 0 Å². The summed E-state index contributed by atoms with van der Waals surface area (Å²) in [6, 6.07) is 15.8. The van der Waals surface area contributed by atoms with Crippen molar-refractivity contribution in [3.05, 3.63) is 70.2 Å². The lowest BCUT2D eigenvalue weighted by Crippen LogP contribution is -2.54. The van der Waals surface area contributed by atoms with E-state index in [1.807, 2.05) is 54.6 Å². The Bertz CT molecular complexity index is 1340. The molecule has 0 aliphatic carbocycles. The van der Waals surface area contributed by atoms with Crippen molar-refractivity contribution in [2.24, 2.45) is 0 Å². The Balaban J connectivity index is 1.71. The number of rotatable bonds is 7. The number of aryl methyl sites for hydroxylation is 1. The van der Waals surface area contributed by atoms with E-state index in [-0.39, 0.29) is 19.0 Å². The molecule has 4 rings (SSSR count). The standard InChI is InChI=1S/C28H30BrN3O5/c1-4-31(28(35)36)17(2)26(33)30-23-13-9-18-7-5-6-8-24(18)32(27(23)34)16-22-21-12-11-20(29)15-19(21)10-14-25(22)37-3/h5-8,10-12,14-15,17,23H,4,9,13,16H2,1-3H3,(H,30,33)(H,35,36)/t17-,23-/m0/s1. The predicted molar refractivity (Wildman–Crippen MR) is 146 cm³/mol. The van der Waals surface area contributed by atoms with E-state index >= 15 is 0 Å². The number of likely N-dealkylation sites (N-methyl/N-ethyl adjacent to an activating group) is 1. The third-order valence-electron chi connectivity index (χ3n) is 6.89. The zero-order valence-corrected chi connectivity index (χ0v) is 22.6. The monoisotopic (exact) mass is 567 g/mol. The van der Waals surface area contributed by atoms with Gasteiger partial charge in [-0.05, 0) is 67.3 Å². The number of nitrogens with one attached hydrogen (secondary N) is 1. The quantitative estimate of drug-likeness (QED) is 0.420. The van der Waals surface area contributed by atoms with Gasteiger partial charge in [0.05, 0.1) is 13.7 Å². The lowest BCUT2D eigenvalue weighted by Gasteiger charge is -2.29. The number of methoxy groups -OCH3 is 1. The average molecular weight is 568 g/mol. The summed E-state index contributed by atoms with van der Waals surface area (Å²) >= 11 is 3.52. The highest BCUT2D eigenvalue weighted by molar-refractivity contribution is 9.10. The molecule has 194 valence electrons. The van der Waals surface area contributed by atoms with E-state index in [2.05, 4.69) is 21.2 Å². The molecule has 0 fully saturated rings. The third-order valence-corrected chi connectivity index (χ3v) is 7.38. The largest absolute Gasteiger partial charge is 0.496 e. The maximum Gasteiger partial charge on any atom is 0.407 e. The lowest BCUT2D eigenvalue weighted by atomic mass is 10.0. The molecule has 0 radical (unpaired) electrons. The molecule has 2 atom stereocenters. The number of fused-ring (bicyclic) bond motifs is 2. The van der Waals surface area contributed by atoms with Gasteiger partial charge in [-0.15, -0.1) is 0 Å². The Morgan fingerprint density at radius 1 is 1.22 bits per heavy atom. The molecule has 0 unspecified atom stereocenters. The minimum atomic E-state index is -1.18. The Hall–Kier alpha value is -3.59. The van der Waals surface area contributed by atoms with Crippen LogP contribution in [0, 0.1) is 0 Å². The van der Waals surface area contributed by atoms with E-state index in [9.17, 15) is 19.5 Å². The summed E-state index contributed by atoms with van der Waals surface area (Å²) < 4.78 is 6.63. The number of para-hydroxylation sites is 1. The van der Waals surface area contributed by atoms with Gasteiger partial charge in [-0.3, -0.25) is 14.5 Å². The van der Waals surface area contributed by atoms with Crippen LogP contribution in [0.2, 0.25) is 0 Å². The summed E-state index contributed by atoms with van der Waals surface area (Å²) in [4.78, 5) is 41.3. The van der Waals surface area contributed by atoms with Crippen molar-refractivity contribution in [3.8, 4) is 5.75 Å². The number of carbonyl (C=O) groups excluding carboxylic acids is 2. The van der Waals surface area contributed by atoms with Crippen molar-refractivity contribution in [3.63, 3.8) is 0 Å². The fourth-order valence-corrected chi connectivity index (χ4v) is 5.26. The van der Waals surface area contributed by atoms with Gasteiger partial charge in [0.25, 0.3) is 0 Å². The Kier molecular flexibility index (Phi) is 8.02. The minimum absolute atomic E-state index is 0.164. The number of anilines is 1. The number of halogens is 1. The fraction of sp³-hybridized carbons (Fsp3) is 0.321. The van der Waals surface area contributed by atoms with Gasteiger partial charge in [-0.25, -0.2) is 4.79 Å². The number of nitrogens with zero attached hydrogens (tertiary/aromatic N) is 2. The molecule has 0 bridgehead atoms. The van der Waals surface area contributed by atoms with Crippen LogP contribution in [0.1, 0.15) is 31.4 Å². The predicted octanol–water partition coefficient (Wildman–Crippen LogP) is 4.96. The van der Waals surface area contributed by atoms with Crippen LogP contribution in [0.15, 0.2) is 59.1 Å². The molecule has 3 amide bonds. The van der Waals surface area contributed by atoms with E-state index in [1.165, 1.54) is 6.92 Å². The molecule has 8 nitrogen and oxygen atoms in total. The van der Waals surface area contributed by atoms with Crippen molar-refractivity contribution in [1.29, 1.82) is 0 Å². The maximum absolute atomic E-state index is 14.0. The molecule has 0 saturated carbocycles. The molecule has 37 heavy (non-hydrogen) atoms. The average Bonchev–Trinajstić information content (AvgIpc) is 3.01. The molecule has 0 saturated heterocycles.